The Labute approximate surface area is 120 Å². The molecule has 2 atom stereocenters. The van der Waals surface area contributed by atoms with Crippen LogP contribution < -0.4 is 4.90 Å². The van der Waals surface area contributed by atoms with E-state index >= 15 is 0 Å². The van der Waals surface area contributed by atoms with Gasteiger partial charge in [-0.1, -0.05) is 6.07 Å². The minimum atomic E-state index is -0.548. The molecule has 108 valence electrons. The topological polar surface area (TPSA) is 56.5 Å². The molecule has 0 saturated carbocycles. The molecule has 1 aliphatic rings. The number of anilines is 1. The number of piperidine rings is 1. The normalized spacial score (nSPS) is 24.2. The molecule has 20 heavy (non-hydrogen) atoms. The molecule has 1 aliphatic heterocycles. The molecule has 1 unspecified atom stereocenters. The third-order valence-corrected chi connectivity index (χ3v) is 4.10. The average Bonchev–Trinajstić information content (AvgIpc) is 2.46. The molecule has 1 aromatic carbocycles. The molecule has 0 bridgehead atoms. The quantitative estimate of drug-likeness (QED) is 0.920. The first-order valence-electron chi connectivity index (χ1n) is 7.01. The van der Waals surface area contributed by atoms with Crippen molar-refractivity contribution in [3.63, 3.8) is 0 Å². The maximum Gasteiger partial charge on any atom is 0.0992 e. The van der Waals surface area contributed by atoms with E-state index in [0.29, 0.717) is 5.56 Å². The summed E-state index contributed by atoms with van der Waals surface area (Å²) < 4.78 is 5.62. The highest BCUT2D eigenvalue weighted by molar-refractivity contribution is 5.59. The highest BCUT2D eigenvalue weighted by atomic mass is 16.5. The lowest BCUT2D eigenvalue weighted by atomic mass is 9.93. The van der Waals surface area contributed by atoms with Crippen molar-refractivity contribution >= 4 is 5.69 Å². The minimum Gasteiger partial charge on any atom is -0.389 e. The maximum absolute atomic E-state index is 9.95. The monoisotopic (exact) mass is 274 g/mol. The number of hydrogen-bond acceptors (Lipinski definition) is 4. The molecule has 4 nitrogen and oxygen atoms in total. The fourth-order valence-corrected chi connectivity index (χ4v) is 2.82. The van der Waals surface area contributed by atoms with E-state index in [0.717, 1.165) is 37.2 Å². The van der Waals surface area contributed by atoms with Crippen molar-refractivity contribution < 1.29 is 9.84 Å². The molecule has 1 saturated heterocycles. The molecule has 0 aromatic heterocycles. The second-order valence-corrected chi connectivity index (χ2v) is 5.74. The van der Waals surface area contributed by atoms with Crippen LogP contribution in [0.3, 0.4) is 0 Å². The van der Waals surface area contributed by atoms with E-state index < -0.39 is 6.10 Å². The van der Waals surface area contributed by atoms with Crippen LogP contribution in [0.4, 0.5) is 5.69 Å². The van der Waals surface area contributed by atoms with E-state index in [4.69, 9.17) is 10.00 Å². The fourth-order valence-electron chi connectivity index (χ4n) is 2.82. The predicted molar refractivity (Wildman–Crippen MR) is 78.7 cm³/mol. The summed E-state index contributed by atoms with van der Waals surface area (Å²) >= 11 is 0. The van der Waals surface area contributed by atoms with Crippen molar-refractivity contribution in [2.24, 2.45) is 0 Å². The standard InChI is InChI=1S/C16H22N2O2/c1-12(19)14-6-5-13(10-17)9-15(14)18-8-4-7-16(2,11-18)20-3/h5-6,9,12,19H,4,7-8,11H2,1-3H3/t12-,16?/m1/s1. The van der Waals surface area contributed by atoms with Crippen molar-refractivity contribution in [3.8, 4) is 6.07 Å². The Kier molecular flexibility index (Phi) is 4.32. The van der Waals surface area contributed by atoms with E-state index in [1.165, 1.54) is 0 Å². The van der Waals surface area contributed by atoms with Gasteiger partial charge in [0.1, 0.15) is 0 Å². The number of hydrogen-bond donors (Lipinski definition) is 1. The van der Waals surface area contributed by atoms with Crippen LogP contribution in [-0.2, 0) is 4.74 Å². The summed E-state index contributed by atoms with van der Waals surface area (Å²) in [4.78, 5) is 2.22. The van der Waals surface area contributed by atoms with Gasteiger partial charge in [0.25, 0.3) is 0 Å². The molecule has 4 heteroatoms. The van der Waals surface area contributed by atoms with E-state index in [2.05, 4.69) is 17.9 Å². The van der Waals surface area contributed by atoms with E-state index in [1.807, 2.05) is 12.1 Å². The second kappa shape index (κ2) is 5.82. The zero-order chi connectivity index (χ0) is 14.8. The summed E-state index contributed by atoms with van der Waals surface area (Å²) in [5, 5.41) is 19.0. The molecule has 1 fully saturated rings. The van der Waals surface area contributed by atoms with E-state index in [9.17, 15) is 5.11 Å². The zero-order valence-electron chi connectivity index (χ0n) is 12.4. The summed E-state index contributed by atoms with van der Waals surface area (Å²) in [5.74, 6) is 0. The van der Waals surface area contributed by atoms with Crippen molar-refractivity contribution in [2.75, 3.05) is 25.1 Å². The van der Waals surface area contributed by atoms with Gasteiger partial charge in [-0.3, -0.25) is 0 Å². The summed E-state index contributed by atoms with van der Waals surface area (Å²) in [5.41, 5.74) is 2.26. The van der Waals surface area contributed by atoms with Gasteiger partial charge in [0, 0.05) is 31.5 Å². The number of nitriles is 1. The number of rotatable bonds is 3. The van der Waals surface area contributed by atoms with Crippen LogP contribution in [0.5, 0.6) is 0 Å². The Bertz CT molecular complexity index is 522. The van der Waals surface area contributed by atoms with Crippen LogP contribution in [0.25, 0.3) is 0 Å². The second-order valence-electron chi connectivity index (χ2n) is 5.74. The molecular formula is C16H22N2O2. The third kappa shape index (κ3) is 2.95. The SMILES string of the molecule is COC1(C)CCCN(c2cc(C#N)ccc2[C@@H](C)O)C1. The van der Waals surface area contributed by atoms with Crippen LogP contribution in [0, 0.1) is 11.3 Å². The Morgan fingerprint density at radius 2 is 2.25 bits per heavy atom. The van der Waals surface area contributed by atoms with Crippen molar-refractivity contribution in [1.29, 1.82) is 5.26 Å². The van der Waals surface area contributed by atoms with Crippen LogP contribution in [0.15, 0.2) is 18.2 Å². The number of benzene rings is 1. The molecule has 0 spiro atoms. The van der Waals surface area contributed by atoms with E-state index in [1.54, 1.807) is 20.1 Å². The Morgan fingerprint density at radius 3 is 2.85 bits per heavy atom. The first-order chi connectivity index (χ1) is 9.49. The van der Waals surface area contributed by atoms with Gasteiger partial charge in [0.15, 0.2) is 0 Å². The third-order valence-electron chi connectivity index (χ3n) is 4.10. The van der Waals surface area contributed by atoms with Gasteiger partial charge < -0.3 is 14.7 Å². The number of aliphatic hydroxyl groups is 1. The molecule has 1 heterocycles. The van der Waals surface area contributed by atoms with Gasteiger partial charge in [-0.05, 0) is 38.8 Å². The van der Waals surface area contributed by atoms with Crippen LogP contribution in [0.2, 0.25) is 0 Å². The molecule has 0 radical (unpaired) electrons. The molecule has 0 aliphatic carbocycles. The Balaban J connectivity index is 2.37. The molecule has 1 N–H and O–H groups in total. The largest absolute Gasteiger partial charge is 0.389 e. The summed E-state index contributed by atoms with van der Waals surface area (Å²) in [6, 6.07) is 7.63. The highest BCUT2D eigenvalue weighted by Crippen LogP contribution is 2.33. The van der Waals surface area contributed by atoms with E-state index in [-0.39, 0.29) is 5.60 Å². The van der Waals surface area contributed by atoms with Gasteiger partial charge in [0.2, 0.25) is 0 Å². The number of methoxy groups -OCH3 is 1. The molecule has 1 aromatic rings. The summed E-state index contributed by atoms with van der Waals surface area (Å²) in [6.07, 6.45) is 1.52. The molecular weight excluding hydrogens is 252 g/mol. The Morgan fingerprint density at radius 1 is 1.50 bits per heavy atom. The van der Waals surface area contributed by atoms with Crippen LogP contribution in [-0.4, -0.2) is 30.9 Å². The van der Waals surface area contributed by atoms with Crippen LogP contribution in [0.1, 0.15) is 43.9 Å². The lowest BCUT2D eigenvalue weighted by Crippen LogP contribution is -2.47. The van der Waals surface area contributed by atoms with Crippen LogP contribution >= 0.6 is 0 Å². The van der Waals surface area contributed by atoms with Gasteiger partial charge in [-0.2, -0.15) is 5.26 Å². The highest BCUT2D eigenvalue weighted by Gasteiger charge is 2.32. The lowest BCUT2D eigenvalue weighted by molar-refractivity contribution is -0.00476. The lowest BCUT2D eigenvalue weighted by Gasteiger charge is -2.41. The molecule has 0 amide bonds. The van der Waals surface area contributed by atoms with Gasteiger partial charge in [0.05, 0.1) is 23.3 Å². The van der Waals surface area contributed by atoms with Crippen molar-refractivity contribution in [1.82, 2.24) is 0 Å². The average molecular weight is 274 g/mol. The summed E-state index contributed by atoms with van der Waals surface area (Å²) in [7, 11) is 1.74. The van der Waals surface area contributed by atoms with Gasteiger partial charge >= 0.3 is 0 Å². The molecule has 2 rings (SSSR count). The number of nitrogens with zero attached hydrogens (tertiary/aromatic N) is 2. The Hall–Kier alpha value is -1.57. The first-order valence-corrected chi connectivity index (χ1v) is 7.01. The smallest absolute Gasteiger partial charge is 0.0992 e. The van der Waals surface area contributed by atoms with Gasteiger partial charge in [-0.15, -0.1) is 0 Å². The minimum absolute atomic E-state index is 0.170. The van der Waals surface area contributed by atoms with Gasteiger partial charge in [-0.25, -0.2) is 0 Å². The zero-order valence-corrected chi connectivity index (χ0v) is 12.4. The number of ether oxygens (including phenoxy) is 1. The maximum atomic E-state index is 9.95. The first kappa shape index (κ1) is 14.8. The predicted octanol–water partition coefficient (Wildman–Crippen LogP) is 2.62. The van der Waals surface area contributed by atoms with Crippen molar-refractivity contribution in [3.05, 3.63) is 29.3 Å². The fraction of sp³-hybridized carbons (Fsp3) is 0.562. The van der Waals surface area contributed by atoms with Crippen molar-refractivity contribution in [2.45, 2.75) is 38.4 Å². The summed E-state index contributed by atoms with van der Waals surface area (Å²) in [6.45, 7) is 5.56. The number of aliphatic hydroxyl groups excluding tert-OH is 1.